The number of amides is 1. The average Bonchev–Trinajstić information content (AvgIpc) is 3.31. The maximum atomic E-state index is 13.4. The minimum atomic E-state index is -4.14. The van der Waals surface area contributed by atoms with E-state index in [0.29, 0.717) is 51.8 Å². The van der Waals surface area contributed by atoms with E-state index in [2.05, 4.69) is 20.0 Å². The zero-order chi connectivity index (χ0) is 27.4. The molecule has 1 saturated carbocycles. The summed E-state index contributed by atoms with van der Waals surface area (Å²) in [5.41, 5.74) is 1.11. The standard InChI is InChI=1S/C24H21F2N7O3S2/c1-32(2)23(34)14-6-4-13(5-7-14)16-10-15(38(35,36)31-24(12-27)8-9-24)11-17-18(30-33(3)19(16)17)21-28-29-22(37-21)20(25)26/h4-7,10-11,20,31H,8-9H2,1-3H3. The number of carbonyl (C=O) groups is 1. The van der Waals surface area contributed by atoms with Crippen LogP contribution in [-0.2, 0) is 17.1 Å². The molecule has 1 N–H and O–H groups in total. The van der Waals surface area contributed by atoms with Gasteiger partial charge in [-0.2, -0.15) is 15.1 Å². The maximum absolute atomic E-state index is 13.4. The number of rotatable bonds is 7. The summed E-state index contributed by atoms with van der Waals surface area (Å²) in [6.45, 7) is 0. The SMILES string of the molecule is CN(C)C(=O)c1ccc(-c2cc(S(=O)(=O)NC3(C#N)CC3)cc3c(-c4nnc(C(F)F)s4)nn(C)c23)cc1. The molecule has 14 heteroatoms. The van der Waals surface area contributed by atoms with Crippen molar-refractivity contribution in [1.82, 2.24) is 29.6 Å². The highest BCUT2D eigenvalue weighted by atomic mass is 32.2. The molecule has 1 aliphatic rings. The predicted octanol–water partition coefficient (Wildman–Crippen LogP) is 3.73. The molecule has 0 aliphatic heterocycles. The average molecular weight is 558 g/mol. The van der Waals surface area contributed by atoms with Crippen LogP contribution in [0, 0.1) is 11.3 Å². The number of hydrogen-bond acceptors (Lipinski definition) is 8. The van der Waals surface area contributed by atoms with Crippen LogP contribution in [0.3, 0.4) is 0 Å². The molecule has 0 spiro atoms. The first-order valence-corrected chi connectivity index (χ1v) is 13.6. The molecule has 2 aromatic carbocycles. The molecule has 5 rings (SSSR count). The predicted molar refractivity (Wildman–Crippen MR) is 136 cm³/mol. The molecule has 0 bridgehead atoms. The number of halogens is 2. The van der Waals surface area contributed by atoms with Gasteiger partial charge in [0.25, 0.3) is 12.3 Å². The van der Waals surface area contributed by atoms with E-state index in [4.69, 9.17) is 0 Å². The number of aromatic nitrogens is 4. The number of carbonyl (C=O) groups excluding carboxylic acids is 1. The van der Waals surface area contributed by atoms with Gasteiger partial charge in [-0.1, -0.05) is 23.5 Å². The maximum Gasteiger partial charge on any atom is 0.291 e. The summed E-state index contributed by atoms with van der Waals surface area (Å²) in [6, 6.07) is 11.5. The number of fused-ring (bicyclic) bond motifs is 1. The number of alkyl halides is 2. The van der Waals surface area contributed by atoms with Crippen molar-refractivity contribution >= 4 is 38.2 Å². The van der Waals surface area contributed by atoms with E-state index in [1.807, 2.05) is 6.07 Å². The van der Waals surface area contributed by atoms with E-state index in [0.717, 1.165) is 0 Å². The van der Waals surface area contributed by atoms with Gasteiger partial charge < -0.3 is 4.90 Å². The molecule has 38 heavy (non-hydrogen) atoms. The number of nitrogens with one attached hydrogen (secondary N) is 1. The lowest BCUT2D eigenvalue weighted by molar-refractivity contribution is 0.0827. The van der Waals surface area contributed by atoms with Crippen LogP contribution in [0.1, 0.15) is 34.6 Å². The van der Waals surface area contributed by atoms with E-state index in [1.165, 1.54) is 21.7 Å². The molecule has 0 radical (unpaired) electrons. The Morgan fingerprint density at radius 3 is 2.45 bits per heavy atom. The van der Waals surface area contributed by atoms with Crippen LogP contribution >= 0.6 is 11.3 Å². The fraction of sp³-hybridized carbons (Fsp3) is 0.292. The van der Waals surface area contributed by atoms with Gasteiger partial charge in [0, 0.05) is 37.7 Å². The lowest BCUT2D eigenvalue weighted by Crippen LogP contribution is -2.35. The molecule has 1 amide bonds. The Kier molecular flexibility index (Phi) is 6.25. The van der Waals surface area contributed by atoms with Crippen molar-refractivity contribution in [2.75, 3.05) is 14.1 Å². The molecule has 2 heterocycles. The molecule has 1 aliphatic carbocycles. The topological polar surface area (TPSA) is 134 Å². The van der Waals surface area contributed by atoms with Crippen LogP contribution in [0.2, 0.25) is 0 Å². The molecule has 10 nitrogen and oxygen atoms in total. The first-order chi connectivity index (χ1) is 17.9. The lowest BCUT2D eigenvalue weighted by atomic mass is 10.0. The zero-order valence-corrected chi connectivity index (χ0v) is 22.1. The first-order valence-electron chi connectivity index (χ1n) is 11.3. The Balaban J connectivity index is 1.72. The molecule has 4 aromatic rings. The van der Waals surface area contributed by atoms with Gasteiger partial charge in [0.15, 0.2) is 10.0 Å². The van der Waals surface area contributed by atoms with Crippen molar-refractivity contribution in [2.45, 2.75) is 29.7 Å². The second-order valence-electron chi connectivity index (χ2n) is 9.16. The van der Waals surface area contributed by atoms with Gasteiger partial charge in [0.2, 0.25) is 10.0 Å². The molecule has 0 unspecified atom stereocenters. The van der Waals surface area contributed by atoms with E-state index < -0.39 is 27.0 Å². The highest BCUT2D eigenvalue weighted by molar-refractivity contribution is 7.89. The van der Waals surface area contributed by atoms with Gasteiger partial charge in [0.05, 0.1) is 16.5 Å². The van der Waals surface area contributed by atoms with Crippen LogP contribution < -0.4 is 4.72 Å². The van der Waals surface area contributed by atoms with Gasteiger partial charge in [-0.3, -0.25) is 9.48 Å². The molecular weight excluding hydrogens is 536 g/mol. The third-order valence-electron chi connectivity index (χ3n) is 6.20. The second-order valence-corrected chi connectivity index (χ2v) is 11.9. The fourth-order valence-electron chi connectivity index (χ4n) is 4.07. The van der Waals surface area contributed by atoms with Gasteiger partial charge in [-0.15, -0.1) is 10.2 Å². The van der Waals surface area contributed by atoms with Crippen LogP contribution in [0.25, 0.3) is 32.7 Å². The third-order valence-corrected chi connectivity index (χ3v) is 8.65. The number of aryl methyl sites for hydroxylation is 1. The van der Waals surface area contributed by atoms with Crippen LogP contribution in [0.4, 0.5) is 8.78 Å². The quantitative estimate of drug-likeness (QED) is 0.366. The molecule has 2 aromatic heterocycles. The monoisotopic (exact) mass is 557 g/mol. The normalized spacial score (nSPS) is 14.6. The summed E-state index contributed by atoms with van der Waals surface area (Å²) in [7, 11) is 0.781. The highest BCUT2D eigenvalue weighted by Crippen LogP contribution is 2.40. The number of nitrogens with zero attached hydrogens (tertiary/aromatic N) is 6. The van der Waals surface area contributed by atoms with E-state index >= 15 is 0 Å². The number of nitriles is 1. The largest absolute Gasteiger partial charge is 0.345 e. The van der Waals surface area contributed by atoms with Crippen molar-refractivity contribution in [2.24, 2.45) is 7.05 Å². The summed E-state index contributed by atoms with van der Waals surface area (Å²) >= 11 is 0.670. The summed E-state index contributed by atoms with van der Waals surface area (Å²) in [5.74, 6) is -0.192. The molecule has 196 valence electrons. The van der Waals surface area contributed by atoms with Gasteiger partial charge in [-0.05, 0) is 42.7 Å². The smallest absolute Gasteiger partial charge is 0.291 e. The summed E-state index contributed by atoms with van der Waals surface area (Å²) in [5, 5.41) is 21.3. The summed E-state index contributed by atoms with van der Waals surface area (Å²) < 4.78 is 57.2. The lowest BCUT2D eigenvalue weighted by Gasteiger charge is -2.14. The zero-order valence-electron chi connectivity index (χ0n) is 20.4. The van der Waals surface area contributed by atoms with Gasteiger partial charge >= 0.3 is 0 Å². The third kappa shape index (κ3) is 4.53. The van der Waals surface area contributed by atoms with E-state index in [-0.39, 0.29) is 21.5 Å². The highest BCUT2D eigenvalue weighted by Gasteiger charge is 2.47. The fourth-order valence-corrected chi connectivity index (χ4v) is 6.20. The number of hydrogen-bond donors (Lipinski definition) is 1. The molecular formula is C24H21F2N7O3S2. The van der Waals surface area contributed by atoms with Crippen molar-refractivity contribution < 1.29 is 22.0 Å². The minimum Gasteiger partial charge on any atom is -0.345 e. The van der Waals surface area contributed by atoms with Crippen LogP contribution in [0.15, 0.2) is 41.3 Å². The second kappa shape index (κ2) is 9.19. The number of benzene rings is 2. The number of sulfonamides is 1. The van der Waals surface area contributed by atoms with Crippen molar-refractivity contribution in [1.29, 1.82) is 5.26 Å². The first kappa shape index (κ1) is 25.8. The van der Waals surface area contributed by atoms with Gasteiger partial charge in [0.1, 0.15) is 11.2 Å². The van der Waals surface area contributed by atoms with Crippen molar-refractivity contribution in [3.05, 3.63) is 47.0 Å². The minimum absolute atomic E-state index is 0.113. The van der Waals surface area contributed by atoms with Crippen LogP contribution in [0.5, 0.6) is 0 Å². The summed E-state index contributed by atoms with van der Waals surface area (Å²) in [4.78, 5) is 13.7. The van der Waals surface area contributed by atoms with Crippen molar-refractivity contribution in [3.63, 3.8) is 0 Å². The molecule has 0 atom stereocenters. The van der Waals surface area contributed by atoms with E-state index in [1.54, 1.807) is 45.4 Å². The Bertz CT molecular complexity index is 1720. The van der Waals surface area contributed by atoms with Crippen molar-refractivity contribution in [3.8, 4) is 27.9 Å². The Morgan fingerprint density at radius 1 is 1.21 bits per heavy atom. The Morgan fingerprint density at radius 2 is 1.89 bits per heavy atom. The van der Waals surface area contributed by atoms with E-state index in [9.17, 15) is 27.3 Å². The van der Waals surface area contributed by atoms with Gasteiger partial charge in [-0.25, -0.2) is 17.2 Å². The molecule has 1 fully saturated rings. The Hall–Kier alpha value is -3.80. The Labute approximate surface area is 220 Å². The van der Waals surface area contributed by atoms with Crippen LogP contribution in [-0.4, -0.2) is 58.8 Å². The molecule has 0 saturated heterocycles. The summed E-state index contributed by atoms with van der Waals surface area (Å²) in [6.07, 6.45) is -2.01.